The van der Waals surface area contributed by atoms with Crippen molar-refractivity contribution < 1.29 is 42.5 Å². The summed E-state index contributed by atoms with van der Waals surface area (Å²) in [4.78, 5) is 50.1. The van der Waals surface area contributed by atoms with Gasteiger partial charge in [-0.05, 0) is 112 Å². The Hall–Kier alpha value is -3.84. The normalized spacial score (nSPS) is 31.6. The lowest BCUT2D eigenvalue weighted by atomic mass is 9.69. The quantitative estimate of drug-likeness (QED) is 0.0595. The second-order valence-electron chi connectivity index (χ2n) is 21.1. The number of nitrogens with zero attached hydrogens (tertiary/aromatic N) is 4. The van der Waals surface area contributed by atoms with E-state index in [0.717, 1.165) is 78.6 Å². The summed E-state index contributed by atoms with van der Waals surface area (Å²) in [7, 11) is 3.71. The summed E-state index contributed by atoms with van der Waals surface area (Å²) in [6, 6.07) is 10.5. The molecule has 0 radical (unpaired) electrons. The fourth-order valence-corrected chi connectivity index (χ4v) is 12.2. The monoisotopic (exact) mass is 996 g/mol. The largest absolute Gasteiger partial charge is 0.461 e. The van der Waals surface area contributed by atoms with Crippen LogP contribution in [0.5, 0.6) is 0 Å². The number of ketones is 1. The van der Waals surface area contributed by atoms with Gasteiger partial charge >= 0.3 is 12.1 Å². The van der Waals surface area contributed by atoms with Gasteiger partial charge in [0.05, 0.1) is 44.4 Å². The number of esters is 1. The predicted molar refractivity (Wildman–Crippen MR) is 270 cm³/mol. The third-order valence-electron chi connectivity index (χ3n) is 15.8. The van der Waals surface area contributed by atoms with Crippen LogP contribution >= 0.6 is 11.9 Å². The first-order valence-corrected chi connectivity index (χ1v) is 26.5. The molecular formula is C53H82FN7O8S. The average molecular weight is 996 g/mol. The van der Waals surface area contributed by atoms with Crippen LogP contribution in [0.2, 0.25) is 0 Å². The molecule has 15 nitrogen and oxygen atoms in total. The van der Waals surface area contributed by atoms with Crippen LogP contribution in [-0.4, -0.2) is 128 Å². The van der Waals surface area contributed by atoms with Crippen LogP contribution in [0, 0.1) is 41.4 Å². The molecule has 3 aliphatic heterocycles. The summed E-state index contributed by atoms with van der Waals surface area (Å²) in [6.07, 6.45) is 9.86. The number of cyclic esters (lactones) is 1. The number of carbonyl (C=O) groups is 3. The summed E-state index contributed by atoms with van der Waals surface area (Å²) in [6.45, 7) is 13.5. The van der Waals surface area contributed by atoms with Gasteiger partial charge < -0.3 is 39.3 Å². The van der Waals surface area contributed by atoms with Crippen molar-refractivity contribution in [3.63, 3.8) is 0 Å². The Morgan fingerprint density at radius 1 is 1.01 bits per heavy atom. The van der Waals surface area contributed by atoms with Gasteiger partial charge in [-0.3, -0.25) is 19.6 Å². The summed E-state index contributed by atoms with van der Waals surface area (Å²) >= 11 is 1.09. The van der Waals surface area contributed by atoms with Gasteiger partial charge in [0, 0.05) is 61.6 Å². The standard InChI is InChI=1S/C53H82FN7O8S/c1-9-38-24-35(4)48(62)36(5)50-53(6,69-52(64)60(50)30-45-31-66-20-21-67-45)32-68-51(63)34(3)10-11-41(38)25-37-22-33(2)23-44(26-37)59(7)19-18-43(55)29-61(56)46(27-54)49(65-8)40-14-12-39(13-15-40)42-16-17-47(70-57)58-28-42/h12-17,28-29,33-38,41,44-46,49-50H,9-11,18-27,30-32,55-57H2,1-8H3/b43-29-/t33?,34?,35-,36?,37?,38?,41+,44?,45?,46?,49?,50?,53-/m1/s1. The van der Waals surface area contributed by atoms with E-state index in [1.807, 2.05) is 57.2 Å². The minimum Gasteiger partial charge on any atom is -0.461 e. The van der Waals surface area contributed by atoms with Crippen LogP contribution in [0.25, 0.3) is 11.1 Å². The number of methoxy groups -OCH3 is 1. The van der Waals surface area contributed by atoms with Gasteiger partial charge in [0.25, 0.3) is 0 Å². The number of carbonyl (C=O) groups excluding carboxylic acids is 3. The van der Waals surface area contributed by atoms with Crippen molar-refractivity contribution in [2.45, 2.75) is 140 Å². The number of pyridine rings is 1. The summed E-state index contributed by atoms with van der Waals surface area (Å²) in [5.41, 5.74) is 8.64. The van der Waals surface area contributed by atoms with E-state index in [9.17, 15) is 18.8 Å². The van der Waals surface area contributed by atoms with Crippen molar-refractivity contribution in [3.05, 3.63) is 60.1 Å². The van der Waals surface area contributed by atoms with Crippen LogP contribution in [0.4, 0.5) is 9.18 Å². The fourth-order valence-electron chi connectivity index (χ4n) is 11.9. The Kier molecular flexibility index (Phi) is 20.4. The number of hydrogen-bond acceptors (Lipinski definition) is 15. The molecule has 6 rings (SSSR count). The lowest BCUT2D eigenvalue weighted by Crippen LogP contribution is -2.55. The van der Waals surface area contributed by atoms with Crippen LogP contribution in [-0.2, 0) is 33.3 Å². The average Bonchev–Trinajstić information content (AvgIpc) is 3.61. The number of nitrogens with two attached hydrogens (primary N) is 3. The van der Waals surface area contributed by atoms with Gasteiger partial charge in [0.1, 0.15) is 36.2 Å². The van der Waals surface area contributed by atoms with Gasteiger partial charge in [-0.1, -0.05) is 71.4 Å². The molecule has 70 heavy (non-hydrogen) atoms. The first-order valence-electron chi connectivity index (χ1n) is 25.6. The smallest absolute Gasteiger partial charge is 0.411 e. The molecule has 3 saturated heterocycles. The van der Waals surface area contributed by atoms with Crippen molar-refractivity contribution >= 4 is 29.8 Å². The molecule has 4 aliphatic rings. The SMILES string of the molecule is CCC1C[C@@H](C)C(=O)C(C)C2N(CC3COCCO3)C(=O)O[C@]2(C)COC(=O)C(C)CC[C@H]1CC1CC(C)CC(N(C)CC/C(N)=C/N(N)C(CF)C(OC)c2ccc(-c3ccc(SN)nc3)cc2)C1. The van der Waals surface area contributed by atoms with E-state index in [0.29, 0.717) is 68.7 Å². The summed E-state index contributed by atoms with van der Waals surface area (Å²) in [5, 5.41) is 7.70. The minimum atomic E-state index is -1.21. The van der Waals surface area contributed by atoms with Crippen molar-refractivity contribution in [2.24, 2.45) is 58.1 Å². The zero-order chi connectivity index (χ0) is 50.7. The predicted octanol–water partition coefficient (Wildman–Crippen LogP) is 8.07. The maximum Gasteiger partial charge on any atom is 0.411 e. The zero-order valence-electron chi connectivity index (χ0n) is 42.9. The van der Waals surface area contributed by atoms with E-state index in [4.69, 9.17) is 40.4 Å². The van der Waals surface area contributed by atoms with Crippen molar-refractivity contribution in [1.29, 1.82) is 0 Å². The molecule has 2 aromatic rings. The van der Waals surface area contributed by atoms with E-state index in [2.05, 4.69) is 30.8 Å². The van der Waals surface area contributed by atoms with Crippen molar-refractivity contribution in [2.75, 3.05) is 60.3 Å². The Morgan fingerprint density at radius 3 is 2.40 bits per heavy atom. The Bertz CT molecular complexity index is 2030. The molecule has 10 unspecified atom stereocenters. The maximum atomic E-state index is 14.8. The fraction of sp³-hybridized carbons (Fsp3) is 0.698. The number of benzene rings is 1. The molecule has 0 spiro atoms. The number of hydrazine groups is 1. The van der Waals surface area contributed by atoms with Gasteiger partial charge in [-0.25, -0.2) is 20.0 Å². The molecular weight excluding hydrogens is 914 g/mol. The molecule has 4 fully saturated rings. The Morgan fingerprint density at radius 2 is 1.76 bits per heavy atom. The van der Waals surface area contributed by atoms with E-state index in [1.54, 1.807) is 31.3 Å². The minimum absolute atomic E-state index is 0.0841. The molecule has 1 aromatic heterocycles. The van der Waals surface area contributed by atoms with Gasteiger partial charge in [-0.2, -0.15) is 0 Å². The van der Waals surface area contributed by atoms with Crippen LogP contribution in [0.3, 0.4) is 0 Å². The highest BCUT2D eigenvalue weighted by atomic mass is 32.2. The number of hydrogen-bond donors (Lipinski definition) is 3. The Labute approximate surface area is 420 Å². The molecule has 1 saturated carbocycles. The van der Waals surface area contributed by atoms with Crippen molar-refractivity contribution in [3.8, 4) is 11.1 Å². The van der Waals surface area contributed by atoms with E-state index < -0.39 is 42.5 Å². The number of amides is 1. The molecule has 1 amide bonds. The first kappa shape index (κ1) is 55.5. The number of Topliss-reactive ketones (excluding diaryl/α,β-unsaturated/α-hetero) is 1. The van der Waals surface area contributed by atoms with E-state index in [-0.39, 0.29) is 48.8 Å². The number of ether oxygens (including phenoxy) is 5. The highest BCUT2D eigenvalue weighted by Gasteiger charge is 2.56. The molecule has 6 N–H and O–H groups in total. The molecule has 1 aliphatic carbocycles. The zero-order valence-corrected chi connectivity index (χ0v) is 43.8. The number of rotatable bonds is 17. The van der Waals surface area contributed by atoms with E-state index >= 15 is 0 Å². The van der Waals surface area contributed by atoms with Gasteiger partial charge in [0.15, 0.2) is 5.60 Å². The Balaban J connectivity index is 1.08. The van der Waals surface area contributed by atoms with Crippen LogP contribution in [0.1, 0.15) is 111 Å². The van der Waals surface area contributed by atoms with E-state index in [1.165, 1.54) is 5.01 Å². The third kappa shape index (κ3) is 14.0. The lowest BCUT2D eigenvalue weighted by molar-refractivity contribution is -0.156. The van der Waals surface area contributed by atoms with Gasteiger partial charge in [-0.15, -0.1) is 0 Å². The maximum absolute atomic E-state index is 14.8. The molecule has 4 heterocycles. The third-order valence-corrected chi connectivity index (χ3v) is 16.3. The number of fused-ring (bicyclic) bond motifs is 1. The molecule has 0 bridgehead atoms. The number of aromatic nitrogens is 1. The molecule has 13 atom stereocenters. The van der Waals surface area contributed by atoms with Gasteiger partial charge in [0.2, 0.25) is 0 Å². The number of alkyl halides is 1. The van der Waals surface area contributed by atoms with Crippen LogP contribution in [0.15, 0.2) is 59.5 Å². The number of halogens is 1. The highest BCUT2D eigenvalue weighted by Crippen LogP contribution is 2.43. The highest BCUT2D eigenvalue weighted by molar-refractivity contribution is 7.97. The lowest BCUT2D eigenvalue weighted by Gasteiger charge is -2.41. The summed E-state index contributed by atoms with van der Waals surface area (Å²) in [5.74, 6) is 6.69. The molecule has 390 valence electrons. The van der Waals surface area contributed by atoms with Crippen molar-refractivity contribution in [1.82, 2.24) is 19.8 Å². The first-order chi connectivity index (χ1) is 33.5. The molecule has 1 aromatic carbocycles. The topological polar surface area (TPSA) is 198 Å². The van der Waals surface area contributed by atoms with Crippen LogP contribution < -0.4 is 16.7 Å². The second-order valence-corrected chi connectivity index (χ2v) is 21.8. The summed E-state index contributed by atoms with van der Waals surface area (Å²) < 4.78 is 44.1. The second kappa shape index (κ2) is 25.7. The molecule has 17 heteroatoms.